The molecule has 1 saturated carbocycles. The molecule has 208 valence electrons. The van der Waals surface area contributed by atoms with E-state index >= 15 is 0 Å². The summed E-state index contributed by atoms with van der Waals surface area (Å²) in [6.45, 7) is 0. The normalized spacial score (nSPS) is 31.1. The van der Waals surface area contributed by atoms with Crippen molar-refractivity contribution < 1.29 is 19.2 Å². The van der Waals surface area contributed by atoms with Crippen molar-refractivity contribution in [3.05, 3.63) is 112 Å². The molecule has 2 bridgehead atoms. The second-order valence-electron chi connectivity index (χ2n) is 11.7. The summed E-state index contributed by atoms with van der Waals surface area (Å²) in [5.41, 5.74) is 3.98. The van der Waals surface area contributed by atoms with Crippen LogP contribution in [0.5, 0.6) is 0 Å². The van der Waals surface area contributed by atoms with E-state index in [2.05, 4.69) is 6.08 Å². The maximum Gasteiger partial charge on any atom is 0.238 e. The van der Waals surface area contributed by atoms with Crippen LogP contribution in [-0.2, 0) is 19.2 Å². The Balaban J connectivity index is 1.28. The van der Waals surface area contributed by atoms with Crippen molar-refractivity contribution in [2.45, 2.75) is 6.42 Å². The van der Waals surface area contributed by atoms with Gasteiger partial charge in [0.05, 0.1) is 35.0 Å². The number of carbonyl (C=O) groups is 4. The van der Waals surface area contributed by atoms with Gasteiger partial charge in [0, 0.05) is 21.9 Å². The van der Waals surface area contributed by atoms with E-state index in [1.165, 1.54) is 9.80 Å². The minimum absolute atomic E-state index is 0.233. The highest BCUT2D eigenvalue weighted by Crippen LogP contribution is 2.63. The van der Waals surface area contributed by atoms with Crippen molar-refractivity contribution in [3.63, 3.8) is 0 Å². The molecule has 3 aromatic carbocycles. The minimum atomic E-state index is -0.624. The topological polar surface area (TPSA) is 74.8 Å². The number of nitrogens with zero attached hydrogens (tertiary/aromatic N) is 2. The molecule has 9 rings (SSSR count). The first-order chi connectivity index (χ1) is 20.3. The lowest BCUT2D eigenvalue weighted by atomic mass is 9.49. The fourth-order valence-electron chi connectivity index (χ4n) is 8.21. The number of halogens is 2. The summed E-state index contributed by atoms with van der Waals surface area (Å²) >= 11 is 12.2. The van der Waals surface area contributed by atoms with Crippen LogP contribution in [0.15, 0.2) is 96.6 Å². The molecule has 0 radical (unpaired) electrons. The van der Waals surface area contributed by atoms with Gasteiger partial charge < -0.3 is 0 Å². The molecule has 42 heavy (non-hydrogen) atoms. The molecular weight excluding hydrogens is 571 g/mol. The predicted molar refractivity (Wildman–Crippen MR) is 159 cm³/mol. The second kappa shape index (κ2) is 9.25. The van der Waals surface area contributed by atoms with E-state index in [-0.39, 0.29) is 35.5 Å². The van der Waals surface area contributed by atoms with Gasteiger partial charge in [-0.25, -0.2) is 0 Å². The van der Waals surface area contributed by atoms with Crippen LogP contribution in [0.4, 0.5) is 11.4 Å². The van der Waals surface area contributed by atoms with E-state index in [4.69, 9.17) is 23.2 Å². The zero-order chi connectivity index (χ0) is 28.9. The first-order valence-corrected chi connectivity index (χ1v) is 14.8. The Morgan fingerprint density at radius 1 is 0.571 bits per heavy atom. The number of amides is 4. The van der Waals surface area contributed by atoms with Crippen molar-refractivity contribution in [2.75, 3.05) is 9.80 Å². The molecule has 6 aliphatic rings. The average molecular weight is 595 g/mol. The first kappa shape index (κ1) is 25.7. The van der Waals surface area contributed by atoms with Gasteiger partial charge in [-0.2, -0.15) is 0 Å². The van der Waals surface area contributed by atoms with Gasteiger partial charge in [-0.1, -0.05) is 71.3 Å². The fraction of sp³-hybridized carbons (Fsp3) is 0.235. The summed E-state index contributed by atoms with van der Waals surface area (Å²) in [7, 11) is 0. The first-order valence-electron chi connectivity index (χ1n) is 14.1. The van der Waals surface area contributed by atoms with Crippen LogP contribution in [0.3, 0.4) is 0 Å². The number of allylic oxidation sites excluding steroid dienone is 4. The number of carbonyl (C=O) groups excluding carboxylic acids is 4. The molecule has 8 heteroatoms. The molecule has 0 aromatic heterocycles. The van der Waals surface area contributed by atoms with Crippen molar-refractivity contribution in [2.24, 2.45) is 41.4 Å². The number of anilines is 2. The third-order valence-corrected chi connectivity index (χ3v) is 10.3. The molecule has 4 amide bonds. The third-order valence-electron chi connectivity index (χ3n) is 9.80. The molecule has 0 spiro atoms. The lowest BCUT2D eigenvalue weighted by molar-refractivity contribution is -0.129. The highest BCUT2D eigenvalue weighted by Gasteiger charge is 2.67. The Bertz CT molecular complexity index is 1750. The van der Waals surface area contributed by atoms with Gasteiger partial charge in [0.25, 0.3) is 0 Å². The Hall–Kier alpha value is -4.00. The predicted octanol–water partition coefficient (Wildman–Crippen LogP) is 6.19. The van der Waals surface area contributed by atoms with Crippen LogP contribution in [-0.4, -0.2) is 23.6 Å². The summed E-state index contributed by atoms with van der Waals surface area (Å²) in [5.74, 6) is -4.47. The summed E-state index contributed by atoms with van der Waals surface area (Å²) in [6, 6.07) is 23.3. The molecule has 3 fully saturated rings. The van der Waals surface area contributed by atoms with E-state index in [9.17, 15) is 19.2 Å². The maximum atomic E-state index is 14.2. The maximum absolute atomic E-state index is 14.2. The molecule has 4 aliphatic carbocycles. The van der Waals surface area contributed by atoms with E-state index < -0.39 is 29.6 Å². The molecule has 0 N–H and O–H groups in total. The van der Waals surface area contributed by atoms with Crippen LogP contribution >= 0.6 is 23.2 Å². The highest BCUT2D eigenvalue weighted by molar-refractivity contribution is 6.31. The fourth-order valence-corrected chi connectivity index (χ4v) is 8.46. The Morgan fingerprint density at radius 2 is 1.12 bits per heavy atom. The molecule has 2 heterocycles. The summed E-state index contributed by atoms with van der Waals surface area (Å²) in [5, 5.41) is 1.03. The lowest BCUT2D eigenvalue weighted by Crippen LogP contribution is -2.51. The van der Waals surface area contributed by atoms with Gasteiger partial charge in [-0.15, -0.1) is 0 Å². The van der Waals surface area contributed by atoms with Gasteiger partial charge in [0.15, 0.2) is 0 Å². The van der Waals surface area contributed by atoms with Gasteiger partial charge in [0.2, 0.25) is 23.6 Å². The summed E-state index contributed by atoms with van der Waals surface area (Å²) in [4.78, 5) is 58.9. The third kappa shape index (κ3) is 3.45. The second-order valence-corrected chi connectivity index (χ2v) is 12.6. The van der Waals surface area contributed by atoms with E-state index in [1.54, 1.807) is 48.5 Å². The lowest BCUT2D eigenvalue weighted by Gasteiger charge is -2.51. The number of rotatable bonds is 3. The Morgan fingerprint density at radius 3 is 1.74 bits per heavy atom. The average Bonchev–Trinajstić information content (AvgIpc) is 3.43. The van der Waals surface area contributed by atoms with Crippen molar-refractivity contribution in [1.29, 1.82) is 0 Å². The van der Waals surface area contributed by atoms with Crippen molar-refractivity contribution in [1.82, 2.24) is 0 Å². The Labute approximate surface area is 252 Å². The number of hydrogen-bond acceptors (Lipinski definition) is 4. The Kier molecular flexibility index (Phi) is 5.66. The zero-order valence-electron chi connectivity index (χ0n) is 22.2. The van der Waals surface area contributed by atoms with E-state index in [1.807, 2.05) is 36.4 Å². The van der Waals surface area contributed by atoms with E-state index in [0.29, 0.717) is 27.8 Å². The number of hydrogen-bond donors (Lipinski definition) is 0. The monoisotopic (exact) mass is 594 g/mol. The van der Waals surface area contributed by atoms with Gasteiger partial charge in [-0.05, 0) is 72.0 Å². The molecule has 7 unspecified atom stereocenters. The number of imide groups is 2. The quantitative estimate of drug-likeness (QED) is 0.267. The van der Waals surface area contributed by atoms with Crippen LogP contribution < -0.4 is 9.80 Å². The van der Waals surface area contributed by atoms with Crippen molar-refractivity contribution in [3.8, 4) is 0 Å². The van der Waals surface area contributed by atoms with Gasteiger partial charge >= 0.3 is 0 Å². The minimum Gasteiger partial charge on any atom is -0.274 e. The van der Waals surface area contributed by atoms with Gasteiger partial charge in [-0.3, -0.25) is 29.0 Å². The van der Waals surface area contributed by atoms with Crippen LogP contribution in [0.25, 0.3) is 5.57 Å². The molecular formula is C34H24Cl2N2O4. The van der Waals surface area contributed by atoms with Crippen molar-refractivity contribution >= 4 is 63.8 Å². The standard InChI is InChI=1S/C34H24Cl2N2O4/c35-18-6-10-20(11-7-18)37-31(39)25-16-24(17-4-2-1-3-5-17)26-22-14-15-23(27(26)30(25)34(37)42)29-28(22)32(40)38(33(29)41)21-12-8-19(36)9-13-21/h1-15,22-23,25,27-30H,16H2. The molecule has 2 aliphatic heterocycles. The number of fused-ring (bicyclic) bond motifs is 1. The smallest absolute Gasteiger partial charge is 0.238 e. The molecule has 2 saturated heterocycles. The van der Waals surface area contributed by atoms with Crippen LogP contribution in [0, 0.1) is 41.4 Å². The molecule has 7 atom stereocenters. The van der Waals surface area contributed by atoms with Crippen LogP contribution in [0.2, 0.25) is 10.0 Å². The summed E-state index contributed by atoms with van der Waals surface area (Å²) in [6.07, 6.45) is 4.46. The van der Waals surface area contributed by atoms with Crippen LogP contribution in [0.1, 0.15) is 12.0 Å². The molecule has 3 aromatic rings. The summed E-state index contributed by atoms with van der Waals surface area (Å²) < 4.78 is 0. The van der Waals surface area contributed by atoms with Gasteiger partial charge in [0.1, 0.15) is 0 Å². The van der Waals surface area contributed by atoms with E-state index in [0.717, 1.165) is 16.7 Å². The zero-order valence-corrected chi connectivity index (χ0v) is 23.7. The largest absolute Gasteiger partial charge is 0.274 e. The number of benzene rings is 3. The molecule has 6 nitrogen and oxygen atoms in total. The highest BCUT2D eigenvalue weighted by atomic mass is 35.5. The SMILES string of the molecule is O=C1C2CC(c3ccccc3)=C3C4C=CC(C5C(=O)N(c6ccc(Cl)cc6)C(=O)C45)C3C2C(=O)N1c1ccc(Cl)cc1.